The van der Waals surface area contributed by atoms with E-state index in [9.17, 15) is 14.4 Å². The summed E-state index contributed by atoms with van der Waals surface area (Å²) in [4.78, 5) is 36.1. The molecule has 7 heteroatoms. The molecule has 0 unspecified atom stereocenters. The van der Waals surface area contributed by atoms with Gasteiger partial charge >= 0.3 is 11.9 Å². The smallest absolute Gasteiger partial charge is 0.340 e. The third-order valence-electron chi connectivity index (χ3n) is 2.14. The van der Waals surface area contributed by atoms with Gasteiger partial charge in [0.15, 0.2) is 0 Å². The van der Waals surface area contributed by atoms with Crippen molar-refractivity contribution in [1.82, 2.24) is 5.32 Å². The van der Waals surface area contributed by atoms with Crippen LogP contribution in [0.4, 0.5) is 0 Å². The number of nitrogens with one attached hydrogen (secondary N) is 1. The summed E-state index contributed by atoms with van der Waals surface area (Å²) in [6.45, 7) is 2.91. The molecule has 114 valence electrons. The molecule has 1 rings (SSSR count). The molecular formula is C14H16ClNO5. The number of carbonyl (C=O) groups is 3. The number of benzene rings is 1. The lowest BCUT2D eigenvalue weighted by atomic mass is 10.2. The number of hydrogen-bond acceptors (Lipinski definition) is 5. The zero-order valence-corrected chi connectivity index (χ0v) is 12.2. The molecule has 0 fully saturated rings. The van der Waals surface area contributed by atoms with E-state index in [0.717, 1.165) is 0 Å². The predicted molar refractivity (Wildman–Crippen MR) is 76.0 cm³/mol. The lowest BCUT2D eigenvalue weighted by molar-refractivity contribution is -0.157. The van der Waals surface area contributed by atoms with E-state index < -0.39 is 58.6 Å². The van der Waals surface area contributed by atoms with Crippen molar-refractivity contribution in [3.63, 3.8) is 0 Å². The van der Waals surface area contributed by atoms with Gasteiger partial charge in [-0.2, -0.15) is 0 Å². The predicted octanol–water partition coefficient (Wildman–Crippen LogP) is 1.56. The zero-order valence-electron chi connectivity index (χ0n) is 15.4. The first-order chi connectivity index (χ1) is 11.7. The van der Waals surface area contributed by atoms with Gasteiger partial charge in [-0.15, -0.1) is 0 Å². The summed E-state index contributed by atoms with van der Waals surface area (Å²) >= 11 is 5.66. The van der Waals surface area contributed by atoms with E-state index in [1.807, 2.05) is 5.32 Å². The zero-order chi connectivity index (χ0) is 19.3. The van der Waals surface area contributed by atoms with Crippen molar-refractivity contribution in [2.24, 2.45) is 0 Å². The lowest BCUT2D eigenvalue weighted by Gasteiger charge is -2.15. The molecule has 0 aliphatic rings. The molecule has 21 heavy (non-hydrogen) atoms. The fourth-order valence-corrected chi connectivity index (χ4v) is 1.37. The Morgan fingerprint density at radius 1 is 1.14 bits per heavy atom. The molecule has 0 heterocycles. The average molecular weight is 318 g/mol. The number of esters is 2. The quantitative estimate of drug-likeness (QED) is 0.636. The second kappa shape index (κ2) is 8.26. The average Bonchev–Trinajstić information content (AvgIpc) is 2.56. The Kier molecular flexibility index (Phi) is 4.55. The molecule has 1 amide bonds. The van der Waals surface area contributed by atoms with Gasteiger partial charge in [-0.1, -0.05) is 11.6 Å². The molecule has 1 aromatic rings. The van der Waals surface area contributed by atoms with Crippen molar-refractivity contribution in [3.8, 4) is 0 Å². The largest absolute Gasteiger partial charge is 0.464 e. The van der Waals surface area contributed by atoms with Crippen molar-refractivity contribution in [2.75, 3.05) is 13.2 Å². The minimum atomic E-state index is -1.80. The van der Waals surface area contributed by atoms with Crippen molar-refractivity contribution in [3.05, 3.63) is 34.8 Å². The normalized spacial score (nSPS) is 12.8. The number of ether oxygens (including phenoxy) is 2. The van der Waals surface area contributed by atoms with Crippen LogP contribution in [-0.4, -0.2) is 37.1 Å². The molecule has 1 N–H and O–H groups in total. The Bertz CT molecular complexity index is 666. The Labute approximate surface area is 133 Å². The summed E-state index contributed by atoms with van der Waals surface area (Å²) in [5, 5.41) is 1.57. The van der Waals surface area contributed by atoms with Crippen LogP contribution >= 0.6 is 11.6 Å². The van der Waals surface area contributed by atoms with Crippen LogP contribution in [0, 0.1) is 0 Å². The number of carbonyl (C=O) groups excluding carboxylic acids is 3. The summed E-state index contributed by atoms with van der Waals surface area (Å²) in [5.41, 5.74) is -0.655. The maximum absolute atomic E-state index is 12.4. The van der Waals surface area contributed by atoms with Crippen molar-refractivity contribution < 1.29 is 29.3 Å². The van der Waals surface area contributed by atoms with Crippen LogP contribution < -0.4 is 5.32 Å². The first kappa shape index (κ1) is 11.6. The van der Waals surface area contributed by atoms with Gasteiger partial charge in [0.2, 0.25) is 6.04 Å². The minimum absolute atomic E-state index is 0.0489. The molecule has 0 aliphatic carbocycles. The summed E-state index contributed by atoms with van der Waals surface area (Å²) < 4.78 is 40.1. The molecule has 0 radical (unpaired) electrons. The van der Waals surface area contributed by atoms with Gasteiger partial charge < -0.3 is 14.8 Å². The van der Waals surface area contributed by atoms with Gasteiger partial charge in [-0.25, -0.2) is 9.59 Å². The van der Waals surface area contributed by atoms with Crippen LogP contribution in [0.25, 0.3) is 0 Å². The monoisotopic (exact) mass is 317 g/mol. The molecular weight excluding hydrogens is 298 g/mol. The van der Waals surface area contributed by atoms with Gasteiger partial charge in [-0.05, 0) is 38.0 Å². The van der Waals surface area contributed by atoms with Crippen LogP contribution in [0.2, 0.25) is 5.02 Å². The molecule has 6 nitrogen and oxygen atoms in total. The molecule has 0 saturated carbocycles. The molecule has 0 saturated heterocycles. The van der Waals surface area contributed by atoms with Gasteiger partial charge in [0.1, 0.15) is 0 Å². The second-order valence-corrected chi connectivity index (χ2v) is 3.98. The molecule has 0 atom stereocenters. The van der Waals surface area contributed by atoms with E-state index >= 15 is 0 Å². The SMILES string of the molecule is [2H]c1c([2H])c(C(=O)NC(C(=O)OCC)C(=O)OCC)c([2H])c([2H])c1Cl. The first-order valence-corrected chi connectivity index (χ1v) is 6.45. The number of amides is 1. The van der Waals surface area contributed by atoms with Crippen LogP contribution in [0.3, 0.4) is 0 Å². The topological polar surface area (TPSA) is 81.7 Å². The number of halogens is 1. The highest BCUT2D eigenvalue weighted by molar-refractivity contribution is 6.30. The highest BCUT2D eigenvalue weighted by Crippen LogP contribution is 2.09. The Morgan fingerprint density at radius 3 is 2.05 bits per heavy atom. The third-order valence-corrected chi connectivity index (χ3v) is 2.33. The Hall–Kier alpha value is -2.08. The Morgan fingerprint density at radius 2 is 1.62 bits per heavy atom. The van der Waals surface area contributed by atoms with Crippen LogP contribution in [0.1, 0.15) is 29.7 Å². The van der Waals surface area contributed by atoms with E-state index in [1.54, 1.807) is 0 Å². The first-order valence-electron chi connectivity index (χ1n) is 8.07. The highest BCUT2D eigenvalue weighted by atomic mass is 35.5. The van der Waals surface area contributed by atoms with E-state index in [0.29, 0.717) is 0 Å². The second-order valence-electron chi connectivity index (χ2n) is 3.60. The van der Waals surface area contributed by atoms with E-state index in [2.05, 4.69) is 0 Å². The number of hydrogen-bond donors (Lipinski definition) is 1. The van der Waals surface area contributed by atoms with Crippen LogP contribution in [-0.2, 0) is 19.1 Å². The molecule has 1 aromatic carbocycles. The minimum Gasteiger partial charge on any atom is -0.464 e. The maximum Gasteiger partial charge on any atom is 0.340 e. The third kappa shape index (κ3) is 5.07. The van der Waals surface area contributed by atoms with Crippen molar-refractivity contribution in [1.29, 1.82) is 0 Å². The van der Waals surface area contributed by atoms with Crippen LogP contribution in [0.15, 0.2) is 24.2 Å². The fourth-order valence-electron chi connectivity index (χ4n) is 1.28. The van der Waals surface area contributed by atoms with E-state index in [-0.39, 0.29) is 13.2 Å². The number of rotatable bonds is 6. The van der Waals surface area contributed by atoms with E-state index in [1.165, 1.54) is 13.8 Å². The summed E-state index contributed by atoms with van der Waals surface area (Å²) in [6, 6.07) is -4.43. The fraction of sp³-hybridized carbons (Fsp3) is 0.357. The standard InChI is InChI=1S/C14H16ClNO5/c1-3-20-13(18)11(14(19)21-4-2)16-12(17)9-5-7-10(15)8-6-9/h5-8,11H,3-4H2,1-2H3,(H,16,17)/i5D,6D,7D,8D. The molecule has 0 aliphatic heterocycles. The summed E-state index contributed by atoms with van der Waals surface area (Å²) in [5.74, 6) is -3.31. The van der Waals surface area contributed by atoms with Gasteiger partial charge in [0.05, 0.1) is 18.7 Å². The van der Waals surface area contributed by atoms with Gasteiger partial charge in [0.25, 0.3) is 5.91 Å². The lowest BCUT2D eigenvalue weighted by Crippen LogP contribution is -2.48. The highest BCUT2D eigenvalue weighted by Gasteiger charge is 2.31. The van der Waals surface area contributed by atoms with Gasteiger partial charge in [-0.3, -0.25) is 4.79 Å². The summed E-state index contributed by atoms with van der Waals surface area (Å²) in [6.07, 6.45) is 0. The molecule has 0 bridgehead atoms. The maximum atomic E-state index is 12.4. The summed E-state index contributed by atoms with van der Waals surface area (Å²) in [7, 11) is 0. The van der Waals surface area contributed by atoms with Gasteiger partial charge in [0, 0.05) is 10.6 Å². The Balaban J connectivity index is 3.25. The van der Waals surface area contributed by atoms with E-state index in [4.69, 9.17) is 26.6 Å². The van der Waals surface area contributed by atoms with Crippen molar-refractivity contribution in [2.45, 2.75) is 19.9 Å². The molecule has 0 aromatic heterocycles. The van der Waals surface area contributed by atoms with Crippen molar-refractivity contribution >= 4 is 29.4 Å². The van der Waals surface area contributed by atoms with Crippen LogP contribution in [0.5, 0.6) is 0 Å². The molecule has 0 spiro atoms.